The van der Waals surface area contributed by atoms with Crippen molar-refractivity contribution in [3.8, 4) is 33.8 Å². The van der Waals surface area contributed by atoms with Crippen LogP contribution in [0.2, 0.25) is 0 Å². The van der Waals surface area contributed by atoms with Gasteiger partial charge >= 0.3 is 17.9 Å². The normalized spacial score (nSPS) is 10.8. The number of benzene rings is 8. The molecule has 3 heterocycles. The maximum Gasteiger partial charge on any atom is 0.310 e. The predicted octanol–water partition coefficient (Wildman–Crippen LogP) is 10.0. The first kappa shape index (κ1) is 69.9. The third-order valence-electron chi connectivity index (χ3n) is 16.0. The van der Waals surface area contributed by atoms with E-state index in [1.165, 1.54) is 0 Å². The van der Waals surface area contributed by atoms with Crippen molar-refractivity contribution in [1.29, 1.82) is 32.5 Å². The van der Waals surface area contributed by atoms with E-state index >= 15 is 0 Å². The van der Waals surface area contributed by atoms with Gasteiger partial charge in [-0.3, -0.25) is 46.8 Å². The lowest BCUT2D eigenvalue weighted by Gasteiger charge is -2.08. The van der Waals surface area contributed by atoms with Crippen molar-refractivity contribution in [3.63, 3.8) is 0 Å². The van der Waals surface area contributed by atoms with Gasteiger partial charge in [0.2, 0.25) is 0 Å². The Morgan fingerprint density at radius 1 is 0.347 bits per heavy atom. The Labute approximate surface area is 564 Å². The molecule has 0 fully saturated rings. The molecular weight excluding hydrogens is 1240 g/mol. The van der Waals surface area contributed by atoms with E-state index < -0.39 is 0 Å². The van der Waals surface area contributed by atoms with Gasteiger partial charge in [-0.1, -0.05) is 170 Å². The molecule has 23 nitrogen and oxygen atoms in total. The molecule has 11 aromatic rings. The largest absolute Gasteiger partial charge is 0.465 e. The lowest BCUT2D eigenvalue weighted by Crippen LogP contribution is -2.13. The molecule has 0 saturated carbocycles. The average Bonchev–Trinajstić information content (AvgIpc) is 1.64. The second kappa shape index (κ2) is 33.1. The van der Waals surface area contributed by atoms with Crippen LogP contribution in [-0.4, -0.2) is 99.4 Å². The number of carbonyl (C=O) groups is 3. The first-order valence-corrected chi connectivity index (χ1v) is 31.3. The number of nitrogens with two attached hydrogens (primary N) is 6. The maximum absolute atomic E-state index is 12.7. The number of hydrogen-bond donors (Lipinski definition) is 16. The van der Waals surface area contributed by atoms with Crippen LogP contribution in [0.3, 0.4) is 0 Å². The zero-order chi connectivity index (χ0) is 69.8. The maximum atomic E-state index is 12.7. The minimum Gasteiger partial charge on any atom is -0.465 e. The van der Waals surface area contributed by atoms with Gasteiger partial charge in [0.1, 0.15) is 48.2 Å². The van der Waals surface area contributed by atoms with Crippen molar-refractivity contribution in [1.82, 2.24) is 15.0 Å². The Balaban J connectivity index is 0.000000172. The summed E-state index contributed by atoms with van der Waals surface area (Å²) in [5, 5.41) is 57.3. The Morgan fingerprint density at radius 2 is 0.663 bits per heavy atom. The molecule has 0 bridgehead atoms. The summed E-state index contributed by atoms with van der Waals surface area (Å²) in [5.74, 6) is -1.18. The molecule has 0 saturated heterocycles. The molecule has 0 aliphatic heterocycles. The fourth-order valence-electron chi connectivity index (χ4n) is 10.9. The number of fused-ring (bicyclic) bond motifs is 3. The van der Waals surface area contributed by atoms with E-state index in [0.717, 1.165) is 101 Å². The van der Waals surface area contributed by atoms with Crippen LogP contribution in [0, 0.1) is 32.5 Å². The van der Waals surface area contributed by atoms with Crippen LogP contribution in [0.4, 0.5) is 0 Å². The number of carbonyl (C=O) groups excluding carboxylic acids is 3. The number of ether oxygens (including phenoxy) is 4. The molecule has 0 spiro atoms. The lowest BCUT2D eigenvalue weighted by atomic mass is 10.0. The lowest BCUT2D eigenvalue weighted by molar-refractivity contribution is -0.145. The summed E-state index contributed by atoms with van der Waals surface area (Å²) in [6.45, 7) is 1.58. The van der Waals surface area contributed by atoms with E-state index in [-0.39, 0.29) is 92.0 Å². The molecule has 98 heavy (non-hydrogen) atoms. The van der Waals surface area contributed by atoms with E-state index in [2.05, 4.69) is 15.0 Å². The number of aromatic amines is 3. The number of H-pyrrole nitrogens is 3. The van der Waals surface area contributed by atoms with E-state index in [1.807, 2.05) is 115 Å². The Bertz CT molecular complexity index is 4720. The van der Waals surface area contributed by atoms with Crippen LogP contribution in [0.25, 0.3) is 66.5 Å². The summed E-state index contributed by atoms with van der Waals surface area (Å²) in [7, 11) is 0. The molecule has 0 aliphatic carbocycles. The van der Waals surface area contributed by atoms with E-state index in [0.29, 0.717) is 66.0 Å². The number of aromatic nitrogens is 3. The number of rotatable bonds is 27. The van der Waals surface area contributed by atoms with Crippen molar-refractivity contribution >= 4 is 85.6 Å². The summed E-state index contributed by atoms with van der Waals surface area (Å²) in [4.78, 5) is 48.0. The van der Waals surface area contributed by atoms with Crippen LogP contribution in [0.1, 0.15) is 80.5 Å². The third kappa shape index (κ3) is 18.3. The number of unbranched alkanes of at least 4 members (excludes halogenated alkanes) is 2. The highest BCUT2D eigenvalue weighted by Gasteiger charge is 2.22. The predicted molar refractivity (Wildman–Crippen MR) is 384 cm³/mol. The molecule has 0 aliphatic rings. The van der Waals surface area contributed by atoms with E-state index in [1.54, 1.807) is 72.8 Å². The van der Waals surface area contributed by atoms with Gasteiger partial charge in [-0.15, -0.1) is 0 Å². The van der Waals surface area contributed by atoms with Gasteiger partial charge in [0, 0.05) is 72.7 Å². The summed E-state index contributed by atoms with van der Waals surface area (Å²) < 4.78 is 21.9. The quantitative estimate of drug-likeness (QED) is 0.00749. The smallest absolute Gasteiger partial charge is 0.310 e. The molecule has 0 radical (unpaired) electrons. The molecule has 3 aromatic heterocycles. The summed E-state index contributed by atoms with van der Waals surface area (Å²) >= 11 is 0. The molecule has 0 amide bonds. The highest BCUT2D eigenvalue weighted by molar-refractivity contribution is 6.05. The van der Waals surface area contributed by atoms with Crippen molar-refractivity contribution in [2.45, 2.75) is 51.7 Å². The zero-order valence-electron chi connectivity index (χ0n) is 53.7. The number of aliphatic hydroxyl groups is 1. The third-order valence-corrected chi connectivity index (χ3v) is 16.0. The van der Waals surface area contributed by atoms with Gasteiger partial charge in [0.05, 0.1) is 56.2 Å². The van der Waals surface area contributed by atoms with Crippen molar-refractivity contribution < 1.29 is 38.4 Å². The van der Waals surface area contributed by atoms with Gasteiger partial charge in [-0.25, -0.2) is 0 Å². The van der Waals surface area contributed by atoms with Gasteiger partial charge in [-0.2, -0.15) is 0 Å². The SMILES string of the molecule is N=C(N)c1ccc(-c2[nH]c3cc(C(=N)N)ccc3c2CC(=O)OCCCCCO)cc1.N=C(N)c1ccc(-c2[nH]c3cc(C(=N)N)ccc3c2CC(=O)OCCOCc2ccccc2)cc1.N=C(N)c1ccc(-c2[nH]c3cc(C(=N)N)ccc3c2CC(=O)OCc2ccccc2)cc1. The van der Waals surface area contributed by atoms with Crippen molar-refractivity contribution in [3.05, 3.63) is 249 Å². The fourth-order valence-corrected chi connectivity index (χ4v) is 10.9. The Morgan fingerprint density at radius 3 is 1.00 bits per heavy atom. The summed E-state index contributed by atoms with van der Waals surface area (Å²) in [6.07, 6.45) is 2.43. The second-order valence-electron chi connectivity index (χ2n) is 22.9. The standard InChI is InChI=1S/C27H27N5O3.C25H23N5O2.C23H27N5O3/c28-26(29)19-8-6-18(7-9-19)25-22(21-11-10-20(27(30)31)14-23(21)32-25)15-24(33)35-13-12-34-16-17-4-2-1-3-5-17;26-24(27)17-8-6-16(7-9-17)23-20(13-22(31)32-14-15-4-2-1-3-5-15)19-11-10-18(25(28)29)12-21(19)30-23;24-22(25)15-6-4-14(5-7-15)21-18(13-20(30)31-11-3-1-2-10-29)17-9-8-16(23(26)27)12-19(17)28-21/h1-11,14,32H,12-13,15-16H2,(H3,28,29)(H3,30,31);1-12,30H,13-14H2,(H3,26,27)(H3,28,29);4-9,12,28-29H,1-3,10-11,13H2,(H3,24,25)(H3,26,27). The van der Waals surface area contributed by atoms with Crippen LogP contribution < -0.4 is 34.4 Å². The molecule has 500 valence electrons. The van der Waals surface area contributed by atoms with E-state index in [9.17, 15) is 14.4 Å². The molecule has 8 aromatic carbocycles. The van der Waals surface area contributed by atoms with Gasteiger partial charge in [0.15, 0.2) is 0 Å². The molecule has 22 N–H and O–H groups in total. The molecular formula is C75H77N15O8. The number of esters is 3. The van der Waals surface area contributed by atoms with Crippen LogP contribution in [0.15, 0.2) is 188 Å². The first-order valence-electron chi connectivity index (χ1n) is 31.3. The number of aliphatic hydroxyl groups excluding tert-OH is 1. The fraction of sp³-hybridized carbons (Fsp3) is 0.160. The van der Waals surface area contributed by atoms with Crippen LogP contribution in [0.5, 0.6) is 0 Å². The van der Waals surface area contributed by atoms with Crippen LogP contribution >= 0.6 is 0 Å². The van der Waals surface area contributed by atoms with Gasteiger partial charge < -0.3 is 73.4 Å². The van der Waals surface area contributed by atoms with Crippen LogP contribution in [-0.2, 0) is 65.8 Å². The second-order valence-corrected chi connectivity index (χ2v) is 22.9. The number of nitrogens with one attached hydrogen (secondary N) is 9. The number of hydrogen-bond acceptors (Lipinski definition) is 14. The molecule has 0 unspecified atom stereocenters. The van der Waals surface area contributed by atoms with Gasteiger partial charge in [0.25, 0.3) is 0 Å². The van der Waals surface area contributed by atoms with E-state index in [4.69, 9.17) is 90.9 Å². The topological polar surface area (TPSA) is 455 Å². The zero-order valence-corrected chi connectivity index (χ0v) is 53.7. The monoisotopic (exact) mass is 1320 g/mol. The molecule has 0 atom stereocenters. The minimum absolute atomic E-state index is 0.0102. The first-order chi connectivity index (χ1) is 47.2. The average molecular weight is 1320 g/mol. The highest BCUT2D eigenvalue weighted by Crippen LogP contribution is 2.35. The summed E-state index contributed by atoms with van der Waals surface area (Å²) in [6, 6.07) is 57.2. The summed E-state index contributed by atoms with van der Waals surface area (Å²) in [5.41, 5.74) is 48.7. The Kier molecular flexibility index (Phi) is 23.6. The van der Waals surface area contributed by atoms with Crippen molar-refractivity contribution in [2.24, 2.45) is 34.4 Å². The minimum atomic E-state index is -0.369. The molecule has 23 heteroatoms. The number of amidine groups is 6. The van der Waals surface area contributed by atoms with Crippen molar-refractivity contribution in [2.75, 3.05) is 26.4 Å². The van der Waals surface area contributed by atoms with Gasteiger partial charge in [-0.05, 0) is 82.0 Å². The highest BCUT2D eigenvalue weighted by atomic mass is 16.6. The number of nitrogen functional groups attached to an aromatic ring is 6. The Hall–Kier alpha value is -12.5. The molecule has 11 rings (SSSR count).